The molecule has 5 heteroatoms. The average Bonchev–Trinajstić information content (AvgIpc) is 2.39. The van der Waals surface area contributed by atoms with Gasteiger partial charge in [-0.1, -0.05) is 36.4 Å². The van der Waals surface area contributed by atoms with E-state index in [0.29, 0.717) is 11.3 Å². The monoisotopic (exact) mass is 277 g/mol. The van der Waals surface area contributed by atoms with Gasteiger partial charge < -0.3 is 11.1 Å². The van der Waals surface area contributed by atoms with Crippen molar-refractivity contribution in [3.63, 3.8) is 0 Å². The van der Waals surface area contributed by atoms with E-state index in [1.165, 1.54) is 6.07 Å². The van der Waals surface area contributed by atoms with E-state index in [9.17, 15) is 4.39 Å². The number of fused-ring (bicyclic) bond motifs is 1. The van der Waals surface area contributed by atoms with Crippen LogP contribution in [0.15, 0.2) is 53.5 Å². The van der Waals surface area contributed by atoms with Crippen LogP contribution in [0.25, 0.3) is 0 Å². The summed E-state index contributed by atoms with van der Waals surface area (Å²) in [5, 5.41) is 3.18. The number of halogens is 2. The van der Waals surface area contributed by atoms with Gasteiger partial charge in [0, 0.05) is 5.69 Å². The van der Waals surface area contributed by atoms with Crippen molar-refractivity contribution in [2.75, 3.05) is 5.32 Å². The number of nitrogens with one attached hydrogen (secondary N) is 1. The van der Waals surface area contributed by atoms with Gasteiger partial charge in [-0.2, -0.15) is 0 Å². The first kappa shape index (κ1) is 13.4. The third-order valence-corrected chi connectivity index (χ3v) is 2.95. The third kappa shape index (κ3) is 2.39. The van der Waals surface area contributed by atoms with Crippen molar-refractivity contribution in [1.82, 2.24) is 0 Å². The van der Waals surface area contributed by atoms with Gasteiger partial charge >= 0.3 is 0 Å². The molecule has 0 bridgehead atoms. The molecule has 0 aliphatic carbocycles. The molecule has 0 radical (unpaired) electrons. The van der Waals surface area contributed by atoms with E-state index in [1.807, 2.05) is 30.3 Å². The fourth-order valence-electron chi connectivity index (χ4n) is 2.08. The molecule has 2 aromatic carbocycles. The Kier molecular flexibility index (Phi) is 3.71. The number of benzene rings is 2. The van der Waals surface area contributed by atoms with Gasteiger partial charge in [-0.3, -0.25) is 0 Å². The second kappa shape index (κ2) is 5.28. The molecule has 0 fully saturated rings. The highest BCUT2D eigenvalue weighted by molar-refractivity contribution is 6.04. The SMILES string of the molecule is Cl.NC1=NC(c2ccccc2)Nc2cccc(F)c21. The molecule has 3 N–H and O–H groups in total. The lowest BCUT2D eigenvalue weighted by Crippen LogP contribution is -2.26. The Hall–Kier alpha value is -2.07. The average molecular weight is 278 g/mol. The second-order valence-corrected chi connectivity index (χ2v) is 4.13. The molecule has 0 aromatic heterocycles. The summed E-state index contributed by atoms with van der Waals surface area (Å²) in [6.07, 6.45) is -0.263. The first-order valence-corrected chi connectivity index (χ1v) is 5.69. The van der Waals surface area contributed by atoms with Crippen LogP contribution in [-0.4, -0.2) is 5.84 Å². The molecule has 0 spiro atoms. The van der Waals surface area contributed by atoms with E-state index in [2.05, 4.69) is 10.3 Å². The maximum atomic E-state index is 13.7. The summed E-state index contributed by atoms with van der Waals surface area (Å²) >= 11 is 0. The number of amidine groups is 1. The molecule has 19 heavy (non-hydrogen) atoms. The Labute approximate surface area is 116 Å². The van der Waals surface area contributed by atoms with Crippen LogP contribution in [0.4, 0.5) is 10.1 Å². The summed E-state index contributed by atoms with van der Waals surface area (Å²) in [7, 11) is 0. The maximum Gasteiger partial charge on any atom is 0.147 e. The Balaban J connectivity index is 0.00000133. The maximum absolute atomic E-state index is 13.7. The Morgan fingerprint density at radius 3 is 2.53 bits per heavy atom. The molecule has 98 valence electrons. The molecule has 1 unspecified atom stereocenters. The van der Waals surface area contributed by atoms with Gasteiger partial charge in [0.25, 0.3) is 0 Å². The van der Waals surface area contributed by atoms with Crippen LogP contribution in [0.1, 0.15) is 17.3 Å². The van der Waals surface area contributed by atoms with E-state index >= 15 is 0 Å². The highest BCUT2D eigenvalue weighted by atomic mass is 35.5. The molecular formula is C14H13ClFN3. The Morgan fingerprint density at radius 1 is 1.05 bits per heavy atom. The molecule has 1 aliphatic rings. The van der Waals surface area contributed by atoms with Crippen LogP contribution >= 0.6 is 12.4 Å². The van der Waals surface area contributed by atoms with Crippen molar-refractivity contribution >= 4 is 23.9 Å². The lowest BCUT2D eigenvalue weighted by Gasteiger charge is -2.24. The highest BCUT2D eigenvalue weighted by Crippen LogP contribution is 2.29. The molecule has 0 saturated carbocycles. The van der Waals surface area contributed by atoms with E-state index in [0.717, 1.165) is 5.56 Å². The van der Waals surface area contributed by atoms with Crippen LogP contribution < -0.4 is 11.1 Å². The number of aliphatic imine (C=N–C) groups is 1. The van der Waals surface area contributed by atoms with Crippen molar-refractivity contribution in [2.45, 2.75) is 6.17 Å². The first-order valence-electron chi connectivity index (χ1n) is 5.69. The van der Waals surface area contributed by atoms with Crippen molar-refractivity contribution in [2.24, 2.45) is 10.7 Å². The summed E-state index contributed by atoms with van der Waals surface area (Å²) in [6.45, 7) is 0. The van der Waals surface area contributed by atoms with Gasteiger partial charge in [0.05, 0.1) is 5.56 Å². The zero-order chi connectivity index (χ0) is 12.5. The summed E-state index contributed by atoms with van der Waals surface area (Å²) in [5.41, 5.74) is 7.87. The van der Waals surface area contributed by atoms with Crippen LogP contribution in [-0.2, 0) is 0 Å². The normalized spacial score (nSPS) is 16.7. The number of hydrogen-bond acceptors (Lipinski definition) is 3. The van der Waals surface area contributed by atoms with Crippen LogP contribution in [0.2, 0.25) is 0 Å². The largest absolute Gasteiger partial charge is 0.383 e. The molecule has 3 rings (SSSR count). The first-order chi connectivity index (χ1) is 8.75. The number of nitrogens with two attached hydrogens (primary N) is 1. The van der Waals surface area contributed by atoms with Gasteiger partial charge in [0.2, 0.25) is 0 Å². The predicted molar refractivity (Wildman–Crippen MR) is 77.2 cm³/mol. The minimum atomic E-state index is -0.354. The smallest absolute Gasteiger partial charge is 0.147 e. The van der Waals surface area contributed by atoms with Gasteiger partial charge in [0.1, 0.15) is 17.8 Å². The third-order valence-electron chi connectivity index (χ3n) is 2.95. The van der Waals surface area contributed by atoms with Crippen molar-refractivity contribution in [3.05, 3.63) is 65.5 Å². The highest BCUT2D eigenvalue weighted by Gasteiger charge is 2.22. The molecule has 3 nitrogen and oxygen atoms in total. The van der Waals surface area contributed by atoms with Gasteiger partial charge in [-0.05, 0) is 17.7 Å². The van der Waals surface area contributed by atoms with Crippen molar-refractivity contribution in [1.29, 1.82) is 0 Å². The van der Waals surface area contributed by atoms with E-state index in [4.69, 9.17) is 5.73 Å². The van der Waals surface area contributed by atoms with Crippen LogP contribution in [0, 0.1) is 5.82 Å². The van der Waals surface area contributed by atoms with Crippen molar-refractivity contribution < 1.29 is 4.39 Å². The van der Waals surface area contributed by atoms with E-state index < -0.39 is 0 Å². The summed E-state index contributed by atoms with van der Waals surface area (Å²) < 4.78 is 13.7. The summed E-state index contributed by atoms with van der Waals surface area (Å²) in [4.78, 5) is 4.30. The Bertz CT molecular complexity index is 613. The molecule has 1 aliphatic heterocycles. The topological polar surface area (TPSA) is 50.4 Å². The summed E-state index contributed by atoms with van der Waals surface area (Å²) in [6, 6.07) is 14.6. The lowest BCUT2D eigenvalue weighted by molar-refractivity contribution is 0.623. The molecule has 2 aromatic rings. The van der Waals surface area contributed by atoms with E-state index in [1.54, 1.807) is 12.1 Å². The Morgan fingerprint density at radius 2 is 1.79 bits per heavy atom. The predicted octanol–water partition coefficient (Wildman–Crippen LogP) is 3.08. The second-order valence-electron chi connectivity index (χ2n) is 4.13. The van der Waals surface area contributed by atoms with Gasteiger partial charge in [0.15, 0.2) is 0 Å². The number of hydrogen-bond donors (Lipinski definition) is 2. The minimum Gasteiger partial charge on any atom is -0.383 e. The van der Waals surface area contributed by atoms with Gasteiger partial charge in [-0.15, -0.1) is 12.4 Å². The number of anilines is 1. The van der Waals surface area contributed by atoms with Gasteiger partial charge in [-0.25, -0.2) is 9.38 Å². The zero-order valence-corrected chi connectivity index (χ0v) is 10.8. The molecule has 1 heterocycles. The van der Waals surface area contributed by atoms with Crippen LogP contribution in [0.5, 0.6) is 0 Å². The number of rotatable bonds is 1. The number of nitrogens with zero attached hydrogens (tertiary/aromatic N) is 1. The quantitative estimate of drug-likeness (QED) is 0.842. The van der Waals surface area contributed by atoms with Crippen molar-refractivity contribution in [3.8, 4) is 0 Å². The molecule has 0 saturated heterocycles. The zero-order valence-electron chi connectivity index (χ0n) is 10.0. The molecular weight excluding hydrogens is 265 g/mol. The minimum absolute atomic E-state index is 0. The summed E-state index contributed by atoms with van der Waals surface area (Å²) in [5.74, 6) is -0.122. The lowest BCUT2D eigenvalue weighted by atomic mass is 10.1. The molecule has 0 amide bonds. The van der Waals surface area contributed by atoms with Crippen LogP contribution in [0.3, 0.4) is 0 Å². The standard InChI is InChI=1S/C14H12FN3.ClH/c15-10-7-4-8-11-12(10)13(16)18-14(17-11)9-5-2-1-3-6-9;/h1-8,14,17H,(H2,16,18);1H. The fraction of sp³-hybridized carbons (Fsp3) is 0.0714. The molecule has 1 atom stereocenters. The van der Waals surface area contributed by atoms with E-state index in [-0.39, 0.29) is 30.2 Å². The fourth-order valence-corrected chi connectivity index (χ4v) is 2.08.